The van der Waals surface area contributed by atoms with Crippen LogP contribution in [-0.4, -0.2) is 29.0 Å². The van der Waals surface area contributed by atoms with Gasteiger partial charge in [-0.2, -0.15) is 0 Å². The molecule has 1 amide bonds. The summed E-state index contributed by atoms with van der Waals surface area (Å²) in [7, 11) is 0. The molecule has 0 spiro atoms. The molecule has 0 heterocycles. The summed E-state index contributed by atoms with van der Waals surface area (Å²) in [4.78, 5) is 11.7. The maximum absolute atomic E-state index is 11.7. The molecule has 136 valence electrons. The number of hydrogen-bond donors (Lipinski definition) is 2. The van der Waals surface area contributed by atoms with Crippen molar-refractivity contribution in [3.8, 4) is 0 Å². The summed E-state index contributed by atoms with van der Waals surface area (Å²) in [6, 6.07) is 7.87. The fraction of sp³-hybridized carbons (Fsp3) is 0.611. The molecule has 1 aromatic rings. The molecule has 0 aliphatic carbocycles. The number of ether oxygens (including phenoxy) is 1. The number of carbonyl (C=O) groups is 1. The molecular formula is C18H30N2O3S. The van der Waals surface area contributed by atoms with Gasteiger partial charge in [0.05, 0.1) is 6.61 Å². The average Bonchev–Trinajstić information content (AvgIpc) is 2.57. The Hall–Kier alpha value is -1.24. The lowest BCUT2D eigenvalue weighted by Gasteiger charge is -2.14. The second-order valence-electron chi connectivity index (χ2n) is 6.01. The Morgan fingerprint density at radius 2 is 1.92 bits per heavy atom. The molecule has 0 radical (unpaired) electrons. The topological polar surface area (TPSA) is 73.4 Å². The summed E-state index contributed by atoms with van der Waals surface area (Å²) in [5, 5.41) is 2.84. The van der Waals surface area contributed by atoms with Crippen LogP contribution in [0, 0.1) is 0 Å². The summed E-state index contributed by atoms with van der Waals surface area (Å²) >= 11 is -0.987. The summed E-state index contributed by atoms with van der Waals surface area (Å²) in [6.07, 6.45) is 4.54. The molecule has 1 unspecified atom stereocenters. The van der Waals surface area contributed by atoms with Gasteiger partial charge in [0.15, 0.2) is 0 Å². The summed E-state index contributed by atoms with van der Waals surface area (Å²) in [6.45, 7) is 7.01. The molecule has 1 atom stereocenters. The molecule has 2 N–H and O–H groups in total. The molecule has 1 rings (SSSR count). The van der Waals surface area contributed by atoms with E-state index >= 15 is 0 Å². The van der Waals surface area contributed by atoms with Crippen molar-refractivity contribution in [1.82, 2.24) is 4.72 Å². The molecule has 0 aliphatic heterocycles. The first kappa shape index (κ1) is 20.8. The van der Waals surface area contributed by atoms with Gasteiger partial charge in [0.2, 0.25) is 0 Å². The van der Waals surface area contributed by atoms with Crippen LogP contribution in [0.4, 0.5) is 10.5 Å². The van der Waals surface area contributed by atoms with E-state index in [0.717, 1.165) is 24.9 Å². The van der Waals surface area contributed by atoms with Crippen LogP contribution in [0.2, 0.25) is 0 Å². The van der Waals surface area contributed by atoms with Gasteiger partial charge in [-0.15, -0.1) is 4.72 Å². The molecular weight excluding hydrogens is 324 g/mol. The van der Waals surface area contributed by atoms with Crippen molar-refractivity contribution >= 4 is 23.1 Å². The third-order valence-electron chi connectivity index (χ3n) is 3.50. The largest absolute Gasteiger partial charge is 0.598 e. The second kappa shape index (κ2) is 12.2. The van der Waals surface area contributed by atoms with Crippen molar-refractivity contribution in [3.63, 3.8) is 0 Å². The molecule has 0 bridgehead atoms. The molecule has 5 nitrogen and oxygen atoms in total. The number of anilines is 1. The van der Waals surface area contributed by atoms with E-state index in [1.165, 1.54) is 18.4 Å². The van der Waals surface area contributed by atoms with Crippen LogP contribution < -0.4 is 10.0 Å². The summed E-state index contributed by atoms with van der Waals surface area (Å²) in [5.74, 6) is 0. The van der Waals surface area contributed by atoms with Crippen LogP contribution in [0.15, 0.2) is 24.3 Å². The molecule has 0 aromatic heterocycles. The van der Waals surface area contributed by atoms with Crippen molar-refractivity contribution in [1.29, 1.82) is 0 Å². The Bertz CT molecular complexity index is 466. The first-order valence-electron chi connectivity index (χ1n) is 8.69. The zero-order valence-corrected chi connectivity index (χ0v) is 15.8. The molecule has 24 heavy (non-hydrogen) atoms. The second-order valence-corrected chi connectivity index (χ2v) is 7.84. The lowest BCUT2D eigenvalue weighted by atomic mass is 10.1. The highest BCUT2D eigenvalue weighted by atomic mass is 32.2. The minimum atomic E-state index is -0.987. The zero-order valence-electron chi connectivity index (χ0n) is 15.0. The number of rotatable bonds is 11. The van der Waals surface area contributed by atoms with Crippen LogP contribution in [0.5, 0.6) is 0 Å². The normalized spacial score (nSPS) is 12.2. The van der Waals surface area contributed by atoms with Gasteiger partial charge in [0.1, 0.15) is 5.25 Å². The van der Waals surface area contributed by atoms with Gasteiger partial charge >= 0.3 is 6.09 Å². The van der Waals surface area contributed by atoms with E-state index in [2.05, 4.69) is 17.0 Å². The number of unbranched alkanes of at least 4 members (excludes halogenated alkanes) is 2. The lowest BCUT2D eigenvalue weighted by molar-refractivity contribution is 0.159. The predicted octanol–water partition coefficient (Wildman–Crippen LogP) is 4.02. The van der Waals surface area contributed by atoms with E-state index < -0.39 is 17.5 Å². The van der Waals surface area contributed by atoms with E-state index in [0.29, 0.717) is 13.2 Å². The predicted molar refractivity (Wildman–Crippen MR) is 101 cm³/mol. The quantitative estimate of drug-likeness (QED) is 0.465. The number of benzene rings is 1. The van der Waals surface area contributed by atoms with Gasteiger partial charge in [-0.05, 0) is 57.2 Å². The van der Waals surface area contributed by atoms with E-state index in [1.54, 1.807) is 0 Å². The van der Waals surface area contributed by atoms with Gasteiger partial charge in [0.25, 0.3) is 0 Å². The first-order chi connectivity index (χ1) is 11.5. The molecule has 0 fully saturated rings. The van der Waals surface area contributed by atoms with Crippen molar-refractivity contribution in [3.05, 3.63) is 29.8 Å². The molecule has 0 saturated heterocycles. The van der Waals surface area contributed by atoms with Crippen molar-refractivity contribution < 1.29 is 14.1 Å². The van der Waals surface area contributed by atoms with Crippen LogP contribution in [0.3, 0.4) is 0 Å². The van der Waals surface area contributed by atoms with Gasteiger partial charge in [-0.3, -0.25) is 5.32 Å². The van der Waals surface area contributed by atoms with E-state index in [9.17, 15) is 9.35 Å². The zero-order chi connectivity index (χ0) is 17.8. The molecule has 6 heteroatoms. The Labute approximate surface area is 148 Å². The SMILES string of the molecule is CCCCc1ccc(NC(=O)OCCCCN[S+]([O-])C(C)C)cc1. The fourth-order valence-corrected chi connectivity index (χ4v) is 2.70. The summed E-state index contributed by atoms with van der Waals surface area (Å²) in [5.41, 5.74) is 2.02. The number of nitrogens with one attached hydrogen (secondary N) is 2. The van der Waals surface area contributed by atoms with E-state index in [1.807, 2.05) is 38.1 Å². The summed E-state index contributed by atoms with van der Waals surface area (Å²) < 4.78 is 19.6. The number of amides is 1. The lowest BCUT2D eigenvalue weighted by Crippen LogP contribution is -2.31. The van der Waals surface area contributed by atoms with E-state index in [-0.39, 0.29) is 5.25 Å². The smallest absolute Gasteiger partial charge is 0.411 e. The minimum absolute atomic E-state index is 0.111. The third-order valence-corrected chi connectivity index (χ3v) is 4.84. The van der Waals surface area contributed by atoms with E-state index in [4.69, 9.17) is 4.74 Å². The highest BCUT2D eigenvalue weighted by molar-refractivity contribution is 7.90. The van der Waals surface area contributed by atoms with Crippen molar-refractivity contribution in [2.75, 3.05) is 18.5 Å². The molecule has 1 aromatic carbocycles. The number of carbonyl (C=O) groups excluding carboxylic acids is 1. The Morgan fingerprint density at radius 1 is 1.21 bits per heavy atom. The standard InChI is InChI=1S/C18H30N2O3S/c1-4-5-8-16-9-11-17(12-10-16)20-18(21)23-14-7-6-13-19-24(22)15(2)3/h9-12,15,19H,4-8,13-14H2,1-3H3,(H,20,21). The van der Waals surface area contributed by atoms with Crippen LogP contribution in [-0.2, 0) is 22.5 Å². The van der Waals surface area contributed by atoms with Gasteiger partial charge in [0, 0.05) is 23.6 Å². The minimum Gasteiger partial charge on any atom is -0.598 e. The maximum Gasteiger partial charge on any atom is 0.411 e. The van der Waals surface area contributed by atoms with Gasteiger partial charge in [-0.25, -0.2) is 4.79 Å². The first-order valence-corrected chi connectivity index (χ1v) is 9.91. The van der Waals surface area contributed by atoms with Crippen LogP contribution >= 0.6 is 0 Å². The highest BCUT2D eigenvalue weighted by Gasteiger charge is 2.10. The Balaban J connectivity index is 2.13. The Morgan fingerprint density at radius 3 is 2.54 bits per heavy atom. The number of hydrogen-bond acceptors (Lipinski definition) is 4. The van der Waals surface area contributed by atoms with Crippen LogP contribution in [0.25, 0.3) is 0 Å². The van der Waals surface area contributed by atoms with Gasteiger partial charge in [-0.1, -0.05) is 25.5 Å². The fourth-order valence-electron chi connectivity index (χ4n) is 2.02. The van der Waals surface area contributed by atoms with Crippen LogP contribution in [0.1, 0.15) is 52.0 Å². The number of aryl methyl sites for hydroxylation is 1. The van der Waals surface area contributed by atoms with Crippen molar-refractivity contribution in [2.45, 2.75) is 58.1 Å². The van der Waals surface area contributed by atoms with Gasteiger partial charge < -0.3 is 9.29 Å². The molecule has 0 saturated carbocycles. The monoisotopic (exact) mass is 354 g/mol. The molecule has 0 aliphatic rings. The van der Waals surface area contributed by atoms with Crippen molar-refractivity contribution in [2.24, 2.45) is 0 Å². The Kier molecular flexibility index (Phi) is 10.5. The maximum atomic E-state index is 11.7. The highest BCUT2D eigenvalue weighted by Crippen LogP contribution is 2.12. The average molecular weight is 355 g/mol. The third kappa shape index (κ3) is 9.15.